The summed E-state index contributed by atoms with van der Waals surface area (Å²) in [6.07, 6.45) is 1.53. The van der Waals surface area contributed by atoms with Crippen LogP contribution in [-0.4, -0.2) is 35.5 Å². The molecule has 0 heterocycles. The number of hydrogen-bond acceptors (Lipinski definition) is 3. The van der Waals surface area contributed by atoms with Gasteiger partial charge in [-0.15, -0.1) is 5.26 Å². The number of esters is 1. The topological polar surface area (TPSA) is 50.1 Å². The van der Waals surface area contributed by atoms with Crippen molar-refractivity contribution in [2.75, 3.05) is 0 Å². The molecule has 39 valence electrons. The first-order valence-corrected chi connectivity index (χ1v) is 1.90. The van der Waals surface area contributed by atoms with E-state index < -0.39 is 5.97 Å². The fourth-order valence-corrected chi connectivity index (χ4v) is 0.123. The number of nitriles is 1. The summed E-state index contributed by atoms with van der Waals surface area (Å²) in [5, 5.41) is 7.67. The molecule has 0 unspecified atom stereocenters. The molecule has 0 bridgehead atoms. The van der Waals surface area contributed by atoms with Crippen molar-refractivity contribution in [1.82, 2.24) is 0 Å². The second-order valence-electron chi connectivity index (χ2n) is 0.919. The summed E-state index contributed by atoms with van der Waals surface area (Å²) < 4.78 is 3.86. The van der Waals surface area contributed by atoms with Crippen molar-refractivity contribution in [3.63, 3.8) is 0 Å². The van der Waals surface area contributed by atoms with Crippen molar-refractivity contribution in [3.05, 3.63) is 0 Å². The van der Waals surface area contributed by atoms with Gasteiger partial charge >= 0.3 is 5.97 Å². The van der Waals surface area contributed by atoms with E-state index >= 15 is 0 Å². The largest absolute Gasteiger partial charge is 0.351 e. The second kappa shape index (κ2) is 6.96. The van der Waals surface area contributed by atoms with E-state index in [4.69, 9.17) is 5.26 Å². The van der Waals surface area contributed by atoms with Crippen molar-refractivity contribution >= 4 is 35.5 Å². The summed E-state index contributed by atoms with van der Waals surface area (Å²) in [5.74, 6) is -0.484. The first kappa shape index (κ1) is 10.9. The van der Waals surface area contributed by atoms with E-state index in [0.717, 1.165) is 0 Å². The molecular weight excluding hydrogens is 117 g/mol. The molecule has 0 atom stereocenters. The molecule has 0 aromatic heterocycles. The van der Waals surface area contributed by atoms with Gasteiger partial charge in [-0.3, -0.25) is 4.79 Å². The molecule has 0 aliphatic rings. The fourth-order valence-electron chi connectivity index (χ4n) is 0.123. The van der Waals surface area contributed by atoms with Crippen LogP contribution in [-0.2, 0) is 9.53 Å². The third-order valence-corrected chi connectivity index (χ3v) is 0.448. The van der Waals surface area contributed by atoms with E-state index in [1.54, 1.807) is 6.92 Å². The van der Waals surface area contributed by atoms with E-state index in [2.05, 4.69) is 4.74 Å². The average molecular weight is 122 g/mol. The van der Waals surface area contributed by atoms with Crippen LogP contribution in [0.3, 0.4) is 0 Å². The normalized spacial score (nSPS) is 6.00. The molecule has 1 radical (unpaired) electrons. The first-order chi connectivity index (χ1) is 3.31. The third-order valence-electron chi connectivity index (χ3n) is 0.448. The molecule has 8 heavy (non-hydrogen) atoms. The van der Waals surface area contributed by atoms with Crippen LogP contribution in [0.2, 0.25) is 0 Å². The molecule has 0 saturated heterocycles. The van der Waals surface area contributed by atoms with Crippen molar-refractivity contribution < 1.29 is 9.53 Å². The third kappa shape index (κ3) is 5.96. The van der Waals surface area contributed by atoms with Crippen LogP contribution < -0.4 is 0 Å². The minimum absolute atomic E-state index is 0. The molecule has 0 aliphatic carbocycles. The van der Waals surface area contributed by atoms with Gasteiger partial charge < -0.3 is 4.74 Å². The quantitative estimate of drug-likeness (QED) is 0.280. The van der Waals surface area contributed by atoms with Gasteiger partial charge in [0.25, 0.3) is 6.26 Å². The maximum absolute atomic E-state index is 9.97. The van der Waals surface area contributed by atoms with Gasteiger partial charge in [0.15, 0.2) is 0 Å². The number of rotatable bonds is 1. The molecule has 0 aromatic carbocycles. The zero-order valence-electron chi connectivity index (χ0n) is 4.97. The van der Waals surface area contributed by atoms with Gasteiger partial charge in [-0.2, -0.15) is 0 Å². The van der Waals surface area contributed by atoms with Crippen LogP contribution >= 0.6 is 0 Å². The number of ether oxygens (including phenoxy) is 1. The first-order valence-electron chi connectivity index (χ1n) is 1.90. The Kier molecular flexibility index (Phi) is 9.44. The average Bonchev–Trinajstić information content (AvgIpc) is 1.68. The molecule has 3 nitrogen and oxygen atoms in total. The SMILES string of the molecule is CCC(=O)OC#N.[Na]. The van der Waals surface area contributed by atoms with E-state index in [1.165, 1.54) is 6.26 Å². The summed E-state index contributed by atoms with van der Waals surface area (Å²) in [6.45, 7) is 1.62. The zero-order chi connectivity index (χ0) is 5.70. The molecule has 0 fully saturated rings. The van der Waals surface area contributed by atoms with Gasteiger partial charge in [-0.25, -0.2) is 0 Å². The molecule has 0 N–H and O–H groups in total. The van der Waals surface area contributed by atoms with Gasteiger partial charge in [0, 0.05) is 36.0 Å². The maximum atomic E-state index is 9.97. The van der Waals surface area contributed by atoms with Crippen LogP contribution in [0, 0.1) is 11.5 Å². The Bertz CT molecular complexity index is 107. The number of carbonyl (C=O) groups is 1. The minimum Gasteiger partial charge on any atom is -0.351 e. The molecule has 0 spiro atoms. The van der Waals surface area contributed by atoms with Gasteiger partial charge in [0.2, 0.25) is 0 Å². The van der Waals surface area contributed by atoms with Crippen LogP contribution in [0.15, 0.2) is 0 Å². The van der Waals surface area contributed by atoms with Gasteiger partial charge in [-0.1, -0.05) is 6.92 Å². The predicted molar refractivity (Wildman–Crippen MR) is 27.7 cm³/mol. The molecule has 0 aromatic rings. The van der Waals surface area contributed by atoms with Gasteiger partial charge in [0.05, 0.1) is 0 Å². The zero-order valence-corrected chi connectivity index (χ0v) is 6.97. The second-order valence-corrected chi connectivity index (χ2v) is 0.919. The van der Waals surface area contributed by atoms with E-state index in [0.29, 0.717) is 0 Å². The van der Waals surface area contributed by atoms with Gasteiger partial charge in [0.1, 0.15) is 0 Å². The maximum Gasteiger partial charge on any atom is 0.321 e. The van der Waals surface area contributed by atoms with E-state index in [9.17, 15) is 4.79 Å². The Morgan fingerprint density at radius 1 is 1.88 bits per heavy atom. The Morgan fingerprint density at radius 3 is 2.50 bits per heavy atom. The van der Waals surface area contributed by atoms with Crippen molar-refractivity contribution in [2.24, 2.45) is 0 Å². The van der Waals surface area contributed by atoms with Crippen LogP contribution in [0.1, 0.15) is 13.3 Å². The molecule has 4 heteroatoms. The van der Waals surface area contributed by atoms with Crippen LogP contribution in [0.5, 0.6) is 0 Å². The van der Waals surface area contributed by atoms with Crippen molar-refractivity contribution in [2.45, 2.75) is 13.3 Å². The standard InChI is InChI=1S/C4H5NO2.Na/c1-2-4(6)7-3-5;/h2H2,1H3;. The monoisotopic (exact) mass is 122 g/mol. The summed E-state index contributed by atoms with van der Waals surface area (Å²) in [5.41, 5.74) is 0. The minimum atomic E-state index is -0.484. The fraction of sp³-hybridized carbons (Fsp3) is 0.500. The predicted octanol–water partition coefficient (Wildman–Crippen LogP) is 0.0399. The summed E-state index contributed by atoms with van der Waals surface area (Å²) in [7, 11) is 0. The van der Waals surface area contributed by atoms with Crippen molar-refractivity contribution in [1.29, 1.82) is 5.26 Å². The molecular formula is C4H5NNaO2. The summed E-state index contributed by atoms with van der Waals surface area (Å²) >= 11 is 0. The molecule has 0 saturated carbocycles. The number of nitrogens with zero attached hydrogens (tertiary/aromatic N) is 1. The molecule has 0 aliphatic heterocycles. The summed E-state index contributed by atoms with van der Waals surface area (Å²) in [4.78, 5) is 9.97. The number of carbonyl (C=O) groups excluding carboxylic acids is 1. The van der Waals surface area contributed by atoms with Crippen LogP contribution in [0.4, 0.5) is 0 Å². The molecule has 0 rings (SSSR count). The van der Waals surface area contributed by atoms with Gasteiger partial charge in [-0.05, 0) is 0 Å². The Labute approximate surface area is 69.9 Å². The van der Waals surface area contributed by atoms with Crippen molar-refractivity contribution in [3.8, 4) is 6.26 Å². The number of hydrogen-bond donors (Lipinski definition) is 0. The Hall–Kier alpha value is -0.0400. The van der Waals surface area contributed by atoms with Crippen LogP contribution in [0.25, 0.3) is 0 Å². The molecule has 0 amide bonds. The Balaban J connectivity index is 0. The summed E-state index contributed by atoms with van der Waals surface area (Å²) in [6, 6.07) is 0. The van der Waals surface area contributed by atoms with E-state index in [1.807, 2.05) is 0 Å². The Morgan fingerprint density at radius 2 is 2.38 bits per heavy atom. The van der Waals surface area contributed by atoms with E-state index in [-0.39, 0.29) is 36.0 Å². The smallest absolute Gasteiger partial charge is 0.321 e.